The normalized spacial score (nSPS) is 26.2. The van der Waals surface area contributed by atoms with Crippen LogP contribution in [0.1, 0.15) is 25.1 Å². The van der Waals surface area contributed by atoms with Crippen molar-refractivity contribution in [3.8, 4) is 0 Å². The monoisotopic (exact) mass is 241 g/mol. The zero-order valence-corrected chi connectivity index (χ0v) is 10.7. The van der Waals surface area contributed by atoms with Crippen LogP contribution in [-0.2, 0) is 6.54 Å². The van der Waals surface area contributed by atoms with Gasteiger partial charge in [-0.15, -0.1) is 11.3 Å². The number of aromatic nitrogens is 1. The molecule has 1 aromatic heterocycles. The van der Waals surface area contributed by atoms with Crippen molar-refractivity contribution in [2.75, 3.05) is 25.0 Å². The number of anilines is 1. The summed E-state index contributed by atoms with van der Waals surface area (Å²) >= 11 is 1.70. The molecule has 1 saturated heterocycles. The molecular formula is C11H19N3OS. The molecule has 0 aromatic carbocycles. The summed E-state index contributed by atoms with van der Waals surface area (Å²) in [6.07, 6.45) is 2.79. The number of hydrogen-bond acceptors (Lipinski definition) is 5. The first-order chi connectivity index (χ1) is 7.59. The Morgan fingerprint density at radius 1 is 1.69 bits per heavy atom. The van der Waals surface area contributed by atoms with E-state index in [4.69, 9.17) is 0 Å². The SMILES string of the molecule is CCNc1ncc(CN2CCC(C)(O)C2)s1. The standard InChI is InChI=1S/C11H19N3OS/c1-3-12-10-13-6-9(16-10)7-14-5-4-11(2,15)8-14/h6,15H,3-5,7-8H2,1-2H3,(H,12,13). The van der Waals surface area contributed by atoms with Gasteiger partial charge in [0.25, 0.3) is 0 Å². The first-order valence-electron chi connectivity index (χ1n) is 5.72. The van der Waals surface area contributed by atoms with E-state index in [1.807, 2.05) is 13.1 Å². The van der Waals surface area contributed by atoms with Crippen LogP contribution in [-0.4, -0.2) is 40.2 Å². The molecule has 2 N–H and O–H groups in total. The molecule has 90 valence electrons. The molecule has 0 radical (unpaired) electrons. The third-order valence-electron chi connectivity index (χ3n) is 2.79. The van der Waals surface area contributed by atoms with Gasteiger partial charge in [-0.2, -0.15) is 0 Å². The smallest absolute Gasteiger partial charge is 0.182 e. The quantitative estimate of drug-likeness (QED) is 0.839. The third-order valence-corrected chi connectivity index (χ3v) is 3.73. The van der Waals surface area contributed by atoms with Gasteiger partial charge in [0.05, 0.1) is 5.60 Å². The van der Waals surface area contributed by atoms with Crippen molar-refractivity contribution in [1.82, 2.24) is 9.88 Å². The summed E-state index contributed by atoms with van der Waals surface area (Å²) in [5.41, 5.74) is -0.505. The molecule has 0 aliphatic carbocycles. The Bertz CT molecular complexity index is 351. The maximum Gasteiger partial charge on any atom is 0.182 e. The van der Waals surface area contributed by atoms with Gasteiger partial charge in [-0.25, -0.2) is 4.98 Å². The Morgan fingerprint density at radius 3 is 3.12 bits per heavy atom. The molecule has 1 aliphatic heterocycles. The molecule has 1 unspecified atom stereocenters. The van der Waals surface area contributed by atoms with Crippen LogP contribution in [0.25, 0.3) is 0 Å². The van der Waals surface area contributed by atoms with Gasteiger partial charge in [0, 0.05) is 37.3 Å². The Labute approximate surface area is 100 Å². The van der Waals surface area contributed by atoms with Crippen LogP contribution in [0.15, 0.2) is 6.20 Å². The van der Waals surface area contributed by atoms with Gasteiger partial charge in [0.2, 0.25) is 0 Å². The van der Waals surface area contributed by atoms with Crippen molar-refractivity contribution in [3.63, 3.8) is 0 Å². The number of thiazole rings is 1. The minimum atomic E-state index is -0.505. The van der Waals surface area contributed by atoms with Crippen molar-refractivity contribution in [1.29, 1.82) is 0 Å². The topological polar surface area (TPSA) is 48.4 Å². The van der Waals surface area contributed by atoms with Crippen molar-refractivity contribution in [3.05, 3.63) is 11.1 Å². The molecule has 1 fully saturated rings. The summed E-state index contributed by atoms with van der Waals surface area (Å²) in [5.74, 6) is 0. The fourth-order valence-electron chi connectivity index (χ4n) is 2.01. The lowest BCUT2D eigenvalue weighted by Crippen LogP contribution is -2.29. The molecule has 2 heterocycles. The highest BCUT2D eigenvalue weighted by atomic mass is 32.1. The van der Waals surface area contributed by atoms with E-state index in [1.54, 1.807) is 11.3 Å². The highest BCUT2D eigenvalue weighted by Gasteiger charge is 2.31. The average molecular weight is 241 g/mol. The van der Waals surface area contributed by atoms with E-state index in [0.717, 1.165) is 37.7 Å². The van der Waals surface area contributed by atoms with Crippen molar-refractivity contribution in [2.24, 2.45) is 0 Å². The minimum Gasteiger partial charge on any atom is -0.389 e. The van der Waals surface area contributed by atoms with Gasteiger partial charge in [-0.3, -0.25) is 4.90 Å². The lowest BCUT2D eigenvalue weighted by atomic mass is 10.1. The highest BCUT2D eigenvalue weighted by Crippen LogP contribution is 2.25. The third kappa shape index (κ3) is 2.93. The maximum absolute atomic E-state index is 9.87. The number of β-amino-alcohol motifs (C(OH)–C–C–N with tert-alkyl or cyclic N) is 1. The van der Waals surface area contributed by atoms with Crippen LogP contribution in [0, 0.1) is 0 Å². The van der Waals surface area contributed by atoms with Gasteiger partial charge < -0.3 is 10.4 Å². The molecule has 16 heavy (non-hydrogen) atoms. The average Bonchev–Trinajstić information content (AvgIpc) is 2.75. The largest absolute Gasteiger partial charge is 0.389 e. The lowest BCUT2D eigenvalue weighted by molar-refractivity contribution is 0.0680. The Hall–Kier alpha value is -0.650. The second-order valence-corrected chi connectivity index (χ2v) is 5.73. The number of nitrogens with one attached hydrogen (secondary N) is 1. The van der Waals surface area contributed by atoms with E-state index in [0.29, 0.717) is 0 Å². The number of likely N-dealkylation sites (tertiary alicyclic amines) is 1. The molecule has 5 heteroatoms. The first kappa shape index (κ1) is 11.8. The summed E-state index contributed by atoms with van der Waals surface area (Å²) in [6, 6.07) is 0. The zero-order valence-electron chi connectivity index (χ0n) is 9.86. The van der Waals surface area contributed by atoms with E-state index >= 15 is 0 Å². The predicted octanol–water partition coefficient (Wildman–Crippen LogP) is 1.53. The Kier molecular flexibility index (Phi) is 3.47. The van der Waals surface area contributed by atoms with E-state index in [1.165, 1.54) is 4.88 Å². The number of nitrogens with zero attached hydrogens (tertiary/aromatic N) is 2. The lowest BCUT2D eigenvalue weighted by Gasteiger charge is -2.17. The van der Waals surface area contributed by atoms with Gasteiger partial charge in [0.15, 0.2) is 5.13 Å². The van der Waals surface area contributed by atoms with Crippen LogP contribution in [0.4, 0.5) is 5.13 Å². The van der Waals surface area contributed by atoms with E-state index in [2.05, 4.69) is 22.1 Å². The fourth-order valence-corrected chi connectivity index (χ4v) is 2.93. The summed E-state index contributed by atoms with van der Waals surface area (Å²) in [5, 5.41) is 14.1. The second-order valence-electron chi connectivity index (χ2n) is 4.62. The van der Waals surface area contributed by atoms with E-state index in [-0.39, 0.29) is 0 Å². The zero-order chi connectivity index (χ0) is 11.6. The molecule has 0 bridgehead atoms. The van der Waals surface area contributed by atoms with E-state index < -0.39 is 5.60 Å². The fraction of sp³-hybridized carbons (Fsp3) is 0.727. The molecule has 0 amide bonds. The Balaban J connectivity index is 1.89. The van der Waals surface area contributed by atoms with Crippen LogP contribution < -0.4 is 5.32 Å². The molecule has 2 rings (SSSR count). The van der Waals surface area contributed by atoms with Crippen molar-refractivity contribution in [2.45, 2.75) is 32.4 Å². The molecular weight excluding hydrogens is 222 g/mol. The molecule has 4 nitrogen and oxygen atoms in total. The number of aliphatic hydroxyl groups is 1. The summed E-state index contributed by atoms with van der Waals surface area (Å²) in [4.78, 5) is 7.84. The van der Waals surface area contributed by atoms with Gasteiger partial charge in [0.1, 0.15) is 0 Å². The van der Waals surface area contributed by atoms with Crippen molar-refractivity contribution >= 4 is 16.5 Å². The second kappa shape index (κ2) is 4.69. The minimum absolute atomic E-state index is 0.505. The summed E-state index contributed by atoms with van der Waals surface area (Å²) < 4.78 is 0. The first-order valence-corrected chi connectivity index (χ1v) is 6.54. The van der Waals surface area contributed by atoms with Crippen LogP contribution >= 0.6 is 11.3 Å². The van der Waals surface area contributed by atoms with Gasteiger partial charge in [-0.1, -0.05) is 0 Å². The number of rotatable bonds is 4. The number of hydrogen-bond donors (Lipinski definition) is 2. The van der Waals surface area contributed by atoms with Crippen molar-refractivity contribution < 1.29 is 5.11 Å². The van der Waals surface area contributed by atoms with Crippen LogP contribution in [0.2, 0.25) is 0 Å². The van der Waals surface area contributed by atoms with Gasteiger partial charge >= 0.3 is 0 Å². The summed E-state index contributed by atoms with van der Waals surface area (Å²) in [7, 11) is 0. The van der Waals surface area contributed by atoms with Gasteiger partial charge in [-0.05, 0) is 20.3 Å². The predicted molar refractivity (Wildman–Crippen MR) is 66.8 cm³/mol. The van der Waals surface area contributed by atoms with Crippen LogP contribution in [0.5, 0.6) is 0 Å². The summed E-state index contributed by atoms with van der Waals surface area (Å²) in [6.45, 7) is 7.52. The Morgan fingerprint density at radius 2 is 2.50 bits per heavy atom. The highest BCUT2D eigenvalue weighted by molar-refractivity contribution is 7.15. The maximum atomic E-state index is 9.87. The van der Waals surface area contributed by atoms with Crippen LogP contribution in [0.3, 0.4) is 0 Å². The van der Waals surface area contributed by atoms with E-state index in [9.17, 15) is 5.11 Å². The molecule has 1 aliphatic rings. The molecule has 1 atom stereocenters. The molecule has 1 aromatic rings. The molecule has 0 saturated carbocycles. The molecule has 0 spiro atoms.